The quantitative estimate of drug-likeness (QED) is 0.757. The molecule has 0 aliphatic heterocycles. The molecule has 0 rings (SSSR count). The first-order valence-corrected chi connectivity index (χ1v) is 6.13. The van der Waals surface area contributed by atoms with E-state index in [0.29, 0.717) is 19.0 Å². The molecule has 3 N–H and O–H groups in total. The predicted molar refractivity (Wildman–Crippen MR) is 69.1 cm³/mol. The van der Waals surface area contributed by atoms with Crippen LogP contribution in [0.15, 0.2) is 0 Å². The van der Waals surface area contributed by atoms with Gasteiger partial charge < -0.3 is 11.1 Å². The average Bonchev–Trinajstić information content (AvgIpc) is 2.10. The first-order chi connectivity index (χ1) is 7.15. The maximum atomic E-state index is 12.2. The molecule has 0 aromatic carbocycles. The second kappa shape index (κ2) is 5.67. The van der Waals surface area contributed by atoms with Gasteiger partial charge in [0.2, 0.25) is 5.91 Å². The Balaban J connectivity index is 4.86. The van der Waals surface area contributed by atoms with E-state index in [-0.39, 0.29) is 16.7 Å². The van der Waals surface area contributed by atoms with Gasteiger partial charge in [-0.25, -0.2) is 0 Å². The lowest BCUT2D eigenvalue weighted by Gasteiger charge is -2.41. The van der Waals surface area contributed by atoms with Gasteiger partial charge in [-0.2, -0.15) is 0 Å². The van der Waals surface area contributed by atoms with Crippen LogP contribution in [0.1, 0.15) is 48.0 Å². The summed E-state index contributed by atoms with van der Waals surface area (Å²) in [6.07, 6.45) is 0.896. The van der Waals surface area contributed by atoms with Crippen molar-refractivity contribution >= 4 is 5.91 Å². The summed E-state index contributed by atoms with van der Waals surface area (Å²) in [4.78, 5) is 12.2. The lowest BCUT2D eigenvalue weighted by molar-refractivity contribution is -0.137. The minimum atomic E-state index is -0.337. The van der Waals surface area contributed by atoms with Crippen molar-refractivity contribution in [2.45, 2.75) is 48.0 Å². The van der Waals surface area contributed by atoms with Crippen LogP contribution in [0.25, 0.3) is 0 Å². The van der Waals surface area contributed by atoms with E-state index in [9.17, 15) is 4.79 Å². The highest BCUT2D eigenvalue weighted by atomic mass is 16.2. The summed E-state index contributed by atoms with van der Waals surface area (Å²) in [6, 6.07) is 0. The number of rotatable bonds is 5. The van der Waals surface area contributed by atoms with Crippen molar-refractivity contribution in [3.63, 3.8) is 0 Å². The van der Waals surface area contributed by atoms with E-state index in [2.05, 4.69) is 46.9 Å². The second-order valence-electron chi connectivity index (χ2n) is 6.22. The van der Waals surface area contributed by atoms with Crippen molar-refractivity contribution in [2.24, 2.45) is 22.5 Å². The number of nitrogens with two attached hydrogens (primary N) is 1. The van der Waals surface area contributed by atoms with Crippen molar-refractivity contribution in [3.05, 3.63) is 0 Å². The average molecular weight is 228 g/mol. The van der Waals surface area contributed by atoms with Gasteiger partial charge >= 0.3 is 0 Å². The van der Waals surface area contributed by atoms with Crippen LogP contribution in [0.2, 0.25) is 0 Å². The Labute approximate surface area is 100 Å². The zero-order chi connectivity index (χ0) is 13.0. The molecule has 16 heavy (non-hydrogen) atoms. The van der Waals surface area contributed by atoms with Crippen LogP contribution >= 0.6 is 0 Å². The summed E-state index contributed by atoms with van der Waals surface area (Å²) >= 11 is 0. The Morgan fingerprint density at radius 3 is 2.06 bits per heavy atom. The topological polar surface area (TPSA) is 55.1 Å². The van der Waals surface area contributed by atoms with Crippen LogP contribution in [0, 0.1) is 16.7 Å². The first kappa shape index (κ1) is 15.4. The third-order valence-corrected chi connectivity index (χ3v) is 3.40. The zero-order valence-corrected chi connectivity index (χ0v) is 11.7. The molecule has 0 saturated heterocycles. The van der Waals surface area contributed by atoms with Crippen molar-refractivity contribution < 1.29 is 4.79 Å². The highest BCUT2D eigenvalue weighted by Crippen LogP contribution is 2.43. The zero-order valence-electron chi connectivity index (χ0n) is 11.7. The molecule has 96 valence electrons. The van der Waals surface area contributed by atoms with E-state index in [4.69, 9.17) is 5.73 Å². The summed E-state index contributed by atoms with van der Waals surface area (Å²) in [5.74, 6) is 0.631. The molecule has 0 aromatic heterocycles. The van der Waals surface area contributed by atoms with Crippen LogP contribution in [0.5, 0.6) is 0 Å². The Hall–Kier alpha value is -0.570. The van der Waals surface area contributed by atoms with Gasteiger partial charge in [0.25, 0.3) is 0 Å². The van der Waals surface area contributed by atoms with Gasteiger partial charge in [-0.15, -0.1) is 0 Å². The van der Waals surface area contributed by atoms with Gasteiger partial charge in [-0.3, -0.25) is 4.79 Å². The van der Waals surface area contributed by atoms with Crippen LogP contribution < -0.4 is 11.1 Å². The smallest absolute Gasteiger partial charge is 0.226 e. The van der Waals surface area contributed by atoms with E-state index in [1.165, 1.54) is 0 Å². The summed E-state index contributed by atoms with van der Waals surface area (Å²) in [6.45, 7) is 13.8. The molecule has 3 nitrogen and oxygen atoms in total. The highest BCUT2D eigenvalue weighted by molar-refractivity contribution is 5.83. The highest BCUT2D eigenvalue weighted by Gasteiger charge is 2.44. The molecule has 0 aromatic rings. The fourth-order valence-corrected chi connectivity index (χ4v) is 1.94. The largest absolute Gasteiger partial charge is 0.354 e. The molecule has 3 heteroatoms. The van der Waals surface area contributed by atoms with Gasteiger partial charge in [0, 0.05) is 13.1 Å². The molecule has 0 aliphatic rings. The van der Waals surface area contributed by atoms with Crippen LogP contribution in [0.4, 0.5) is 0 Å². The molecule has 1 atom stereocenters. The number of carbonyl (C=O) groups is 1. The number of nitrogens with one attached hydrogen (secondary N) is 1. The third kappa shape index (κ3) is 3.78. The van der Waals surface area contributed by atoms with Crippen molar-refractivity contribution in [1.82, 2.24) is 5.32 Å². The minimum Gasteiger partial charge on any atom is -0.354 e. The Bertz CT molecular complexity index is 231. The lowest BCUT2D eigenvalue weighted by Crippen LogP contribution is -2.49. The van der Waals surface area contributed by atoms with Crippen molar-refractivity contribution in [2.75, 3.05) is 13.1 Å². The van der Waals surface area contributed by atoms with Gasteiger partial charge in [-0.05, 0) is 17.8 Å². The Kier molecular flexibility index (Phi) is 5.47. The van der Waals surface area contributed by atoms with Crippen LogP contribution in [-0.2, 0) is 4.79 Å². The third-order valence-electron chi connectivity index (χ3n) is 3.40. The normalized spacial score (nSPS) is 16.0. The van der Waals surface area contributed by atoms with Crippen molar-refractivity contribution in [3.8, 4) is 0 Å². The van der Waals surface area contributed by atoms with E-state index < -0.39 is 0 Å². The van der Waals surface area contributed by atoms with Gasteiger partial charge in [0.05, 0.1) is 5.41 Å². The summed E-state index contributed by atoms with van der Waals surface area (Å²) < 4.78 is 0. The van der Waals surface area contributed by atoms with E-state index in [1.54, 1.807) is 0 Å². The first-order valence-electron chi connectivity index (χ1n) is 6.13. The Morgan fingerprint density at radius 2 is 1.75 bits per heavy atom. The molecule has 0 fully saturated rings. The number of hydrogen-bond acceptors (Lipinski definition) is 2. The second-order valence-corrected chi connectivity index (χ2v) is 6.22. The molecular weight excluding hydrogens is 200 g/mol. The van der Waals surface area contributed by atoms with Gasteiger partial charge in [0.1, 0.15) is 0 Å². The standard InChI is InChI=1S/C13H28N2O/c1-10(2)9-13(6,12(3,4)5)11(16)15-8-7-14/h10H,7-9,14H2,1-6H3,(H,15,16). The number of carbonyl (C=O) groups excluding carboxylic acids is 1. The summed E-state index contributed by atoms with van der Waals surface area (Å²) in [5.41, 5.74) is 5.03. The monoisotopic (exact) mass is 228 g/mol. The minimum absolute atomic E-state index is 0.0457. The maximum Gasteiger partial charge on any atom is 0.226 e. The molecule has 0 bridgehead atoms. The molecule has 0 saturated carbocycles. The van der Waals surface area contributed by atoms with Gasteiger partial charge in [0.15, 0.2) is 0 Å². The maximum absolute atomic E-state index is 12.2. The molecular formula is C13H28N2O. The van der Waals surface area contributed by atoms with Crippen LogP contribution in [-0.4, -0.2) is 19.0 Å². The lowest BCUT2D eigenvalue weighted by atomic mass is 9.63. The summed E-state index contributed by atoms with van der Waals surface area (Å²) in [5, 5.41) is 2.92. The van der Waals surface area contributed by atoms with Gasteiger partial charge in [-0.1, -0.05) is 41.5 Å². The molecule has 0 radical (unpaired) electrons. The number of hydrogen-bond donors (Lipinski definition) is 2. The molecule has 0 heterocycles. The van der Waals surface area contributed by atoms with E-state index >= 15 is 0 Å². The van der Waals surface area contributed by atoms with E-state index in [1.807, 2.05) is 0 Å². The summed E-state index contributed by atoms with van der Waals surface area (Å²) in [7, 11) is 0. The SMILES string of the molecule is CC(C)CC(C)(C(=O)NCCN)C(C)(C)C. The van der Waals surface area contributed by atoms with Crippen molar-refractivity contribution in [1.29, 1.82) is 0 Å². The predicted octanol–water partition coefficient (Wildman–Crippen LogP) is 2.16. The number of amides is 1. The van der Waals surface area contributed by atoms with Crippen LogP contribution in [0.3, 0.4) is 0 Å². The fourth-order valence-electron chi connectivity index (χ4n) is 1.94. The molecule has 0 spiro atoms. The molecule has 1 unspecified atom stereocenters. The Morgan fingerprint density at radius 1 is 1.25 bits per heavy atom. The molecule has 0 aliphatic carbocycles. The van der Waals surface area contributed by atoms with E-state index in [0.717, 1.165) is 6.42 Å². The fraction of sp³-hybridized carbons (Fsp3) is 0.923. The molecule has 1 amide bonds.